The summed E-state index contributed by atoms with van der Waals surface area (Å²) in [6.07, 6.45) is 5.07. The number of hydrogen-bond donors (Lipinski definition) is 0. The number of fused-ring (bicyclic) bond motifs is 1. The Morgan fingerprint density at radius 3 is 2.79 bits per heavy atom. The monoisotopic (exact) mass is 267 g/mol. The van der Waals surface area contributed by atoms with Gasteiger partial charge in [-0.05, 0) is 30.0 Å². The third kappa shape index (κ3) is 2.29. The summed E-state index contributed by atoms with van der Waals surface area (Å²) in [5.41, 5.74) is 1.10. The lowest BCUT2D eigenvalue weighted by Crippen LogP contribution is -1.79. The van der Waals surface area contributed by atoms with E-state index < -0.39 is 0 Å². The van der Waals surface area contributed by atoms with E-state index in [9.17, 15) is 4.79 Å². The molecule has 0 bridgehead atoms. The molecule has 19 heavy (non-hydrogen) atoms. The van der Waals surface area contributed by atoms with Gasteiger partial charge in [0.2, 0.25) is 6.08 Å². The van der Waals surface area contributed by atoms with Crippen molar-refractivity contribution in [1.29, 1.82) is 0 Å². The van der Waals surface area contributed by atoms with Crippen LogP contribution in [0.1, 0.15) is 5.01 Å². The van der Waals surface area contributed by atoms with Crippen LogP contribution in [0.25, 0.3) is 21.2 Å². The summed E-state index contributed by atoms with van der Waals surface area (Å²) in [4.78, 5) is 23.2. The van der Waals surface area contributed by atoms with Crippen LogP contribution in [-0.2, 0) is 4.79 Å². The molecule has 0 aliphatic heterocycles. The number of isocyanates is 1. The number of aliphatic imine (C=N–C) groups is 1. The van der Waals surface area contributed by atoms with Crippen molar-refractivity contribution in [3.8, 4) is 10.4 Å². The molecule has 0 saturated heterocycles. The highest BCUT2D eigenvalue weighted by molar-refractivity contribution is 7.15. The SMILES string of the molecule is Cc1ncc(-c2ccc3cnc(N=C=O)cc3c2)s1. The number of thiazole rings is 1. The molecule has 0 aliphatic carbocycles. The maximum atomic E-state index is 10.3. The van der Waals surface area contributed by atoms with E-state index in [2.05, 4.69) is 15.0 Å². The maximum absolute atomic E-state index is 10.3. The Kier molecular flexibility index (Phi) is 2.91. The molecule has 3 rings (SSSR count). The van der Waals surface area contributed by atoms with Gasteiger partial charge in [-0.1, -0.05) is 12.1 Å². The molecule has 0 unspecified atom stereocenters. The quantitative estimate of drug-likeness (QED) is 0.526. The van der Waals surface area contributed by atoms with Gasteiger partial charge in [-0.2, -0.15) is 0 Å². The summed E-state index contributed by atoms with van der Waals surface area (Å²) in [5.74, 6) is 0.375. The molecule has 4 nitrogen and oxygen atoms in total. The smallest absolute Gasteiger partial charge is 0.242 e. The summed E-state index contributed by atoms with van der Waals surface area (Å²) < 4.78 is 0. The molecular weight excluding hydrogens is 258 g/mol. The van der Waals surface area contributed by atoms with E-state index in [0.717, 1.165) is 26.2 Å². The average Bonchev–Trinajstić information content (AvgIpc) is 2.85. The molecule has 0 fully saturated rings. The van der Waals surface area contributed by atoms with E-state index in [1.54, 1.807) is 23.6 Å². The number of rotatable bonds is 2. The molecule has 0 saturated carbocycles. The molecule has 3 aromatic rings. The van der Waals surface area contributed by atoms with Crippen LogP contribution in [-0.4, -0.2) is 16.0 Å². The molecule has 0 amide bonds. The predicted molar refractivity (Wildman–Crippen MR) is 75.4 cm³/mol. The van der Waals surface area contributed by atoms with Crippen molar-refractivity contribution in [2.75, 3.05) is 0 Å². The molecule has 0 spiro atoms. The summed E-state index contributed by atoms with van der Waals surface area (Å²) in [6, 6.07) is 7.87. The van der Waals surface area contributed by atoms with E-state index in [1.807, 2.05) is 31.3 Å². The minimum atomic E-state index is 0.375. The van der Waals surface area contributed by atoms with Gasteiger partial charge in [0.15, 0.2) is 5.82 Å². The zero-order valence-corrected chi connectivity index (χ0v) is 10.9. The summed E-state index contributed by atoms with van der Waals surface area (Å²) in [5, 5.41) is 3.04. The van der Waals surface area contributed by atoms with Crippen molar-refractivity contribution in [1.82, 2.24) is 9.97 Å². The van der Waals surface area contributed by atoms with Crippen LogP contribution in [0, 0.1) is 6.92 Å². The number of pyridine rings is 1. The van der Waals surface area contributed by atoms with Crippen molar-refractivity contribution in [2.24, 2.45) is 4.99 Å². The van der Waals surface area contributed by atoms with E-state index in [-0.39, 0.29) is 0 Å². The second-order valence-corrected chi connectivity index (χ2v) is 5.29. The number of carbonyl (C=O) groups excluding carboxylic acids is 1. The van der Waals surface area contributed by atoms with Gasteiger partial charge in [-0.15, -0.1) is 16.3 Å². The highest BCUT2D eigenvalue weighted by Crippen LogP contribution is 2.29. The van der Waals surface area contributed by atoms with Gasteiger partial charge in [-0.3, -0.25) is 0 Å². The van der Waals surface area contributed by atoms with Gasteiger partial charge in [-0.25, -0.2) is 14.8 Å². The van der Waals surface area contributed by atoms with Gasteiger partial charge < -0.3 is 0 Å². The van der Waals surface area contributed by atoms with Crippen LogP contribution in [0.15, 0.2) is 41.7 Å². The summed E-state index contributed by atoms with van der Waals surface area (Å²) in [7, 11) is 0. The minimum absolute atomic E-state index is 0.375. The van der Waals surface area contributed by atoms with Gasteiger partial charge in [0.05, 0.1) is 9.88 Å². The van der Waals surface area contributed by atoms with Crippen LogP contribution in [0.2, 0.25) is 0 Å². The molecule has 2 aromatic heterocycles. The fourth-order valence-corrected chi connectivity index (χ4v) is 2.66. The van der Waals surface area contributed by atoms with E-state index in [4.69, 9.17) is 0 Å². The molecule has 5 heteroatoms. The van der Waals surface area contributed by atoms with Crippen molar-refractivity contribution < 1.29 is 4.79 Å². The Morgan fingerprint density at radius 1 is 1.16 bits per heavy atom. The van der Waals surface area contributed by atoms with Crippen molar-refractivity contribution in [3.05, 3.63) is 41.7 Å². The molecule has 92 valence electrons. The minimum Gasteiger partial charge on any atom is -0.249 e. The Bertz CT molecular complexity index is 803. The lowest BCUT2D eigenvalue weighted by atomic mass is 10.1. The normalized spacial score (nSPS) is 10.4. The second-order valence-electron chi connectivity index (χ2n) is 4.05. The lowest BCUT2D eigenvalue weighted by Gasteiger charge is -2.01. The fraction of sp³-hybridized carbons (Fsp3) is 0.0714. The van der Waals surface area contributed by atoms with Crippen molar-refractivity contribution in [3.63, 3.8) is 0 Å². The number of hydrogen-bond acceptors (Lipinski definition) is 5. The second kappa shape index (κ2) is 4.72. The average molecular weight is 267 g/mol. The Morgan fingerprint density at radius 2 is 2.05 bits per heavy atom. The first-order valence-electron chi connectivity index (χ1n) is 5.67. The largest absolute Gasteiger partial charge is 0.249 e. The molecule has 2 heterocycles. The van der Waals surface area contributed by atoms with E-state index in [0.29, 0.717) is 5.82 Å². The number of nitrogens with zero attached hydrogens (tertiary/aromatic N) is 3. The van der Waals surface area contributed by atoms with Gasteiger partial charge >= 0.3 is 0 Å². The lowest BCUT2D eigenvalue weighted by molar-refractivity contribution is 0.565. The molecule has 1 aromatic carbocycles. The van der Waals surface area contributed by atoms with Crippen LogP contribution in [0.5, 0.6) is 0 Å². The first-order valence-corrected chi connectivity index (χ1v) is 6.48. The highest BCUT2D eigenvalue weighted by atomic mass is 32.1. The number of benzene rings is 1. The van der Waals surface area contributed by atoms with Gasteiger partial charge in [0, 0.05) is 17.8 Å². The van der Waals surface area contributed by atoms with Gasteiger partial charge in [0.25, 0.3) is 0 Å². The Labute approximate surface area is 113 Å². The first kappa shape index (κ1) is 11.7. The zero-order chi connectivity index (χ0) is 13.2. The van der Waals surface area contributed by atoms with Crippen molar-refractivity contribution in [2.45, 2.75) is 6.92 Å². The fourth-order valence-electron chi connectivity index (χ4n) is 1.89. The third-order valence-electron chi connectivity index (χ3n) is 2.77. The van der Waals surface area contributed by atoms with Gasteiger partial charge in [0.1, 0.15) is 0 Å². The Hall–Kier alpha value is -2.36. The predicted octanol–water partition coefficient (Wildman–Crippen LogP) is 3.63. The van der Waals surface area contributed by atoms with Crippen molar-refractivity contribution >= 4 is 34.0 Å². The number of aromatic nitrogens is 2. The summed E-state index contributed by atoms with van der Waals surface area (Å²) >= 11 is 1.65. The molecule has 0 aliphatic rings. The first-order chi connectivity index (χ1) is 9.26. The van der Waals surface area contributed by atoms with Crippen LogP contribution in [0.4, 0.5) is 5.82 Å². The zero-order valence-electron chi connectivity index (χ0n) is 10.1. The summed E-state index contributed by atoms with van der Waals surface area (Å²) in [6.45, 7) is 1.98. The standard InChI is InChI=1S/C14H9N3OS/c1-9-15-7-13(19-9)10-2-3-11-6-16-14(17-8-18)5-12(11)4-10/h2-7H,1H3. The Balaban J connectivity index is 2.15. The molecule has 0 radical (unpaired) electrons. The third-order valence-corrected chi connectivity index (χ3v) is 3.74. The van der Waals surface area contributed by atoms with E-state index in [1.165, 1.54) is 6.08 Å². The van der Waals surface area contributed by atoms with Crippen LogP contribution >= 0.6 is 11.3 Å². The van der Waals surface area contributed by atoms with Crippen LogP contribution in [0.3, 0.4) is 0 Å². The molecule has 0 atom stereocenters. The molecule has 0 N–H and O–H groups in total. The molecular formula is C14H9N3OS. The maximum Gasteiger partial charge on any atom is 0.242 e. The number of aryl methyl sites for hydroxylation is 1. The highest BCUT2D eigenvalue weighted by Gasteiger charge is 2.04. The van der Waals surface area contributed by atoms with E-state index >= 15 is 0 Å². The topological polar surface area (TPSA) is 55.2 Å². The van der Waals surface area contributed by atoms with Crippen LogP contribution < -0.4 is 0 Å².